The molecule has 1 fully saturated rings. The van der Waals surface area contributed by atoms with Crippen molar-refractivity contribution in [3.8, 4) is 0 Å². The van der Waals surface area contributed by atoms with E-state index in [0.29, 0.717) is 48.8 Å². The molecule has 7 heteroatoms. The van der Waals surface area contributed by atoms with Crippen molar-refractivity contribution in [2.75, 3.05) is 27.2 Å². The van der Waals surface area contributed by atoms with Crippen molar-refractivity contribution < 1.29 is 18.4 Å². The molecule has 0 bridgehead atoms. The van der Waals surface area contributed by atoms with Crippen LogP contribution in [-0.4, -0.2) is 53.8 Å². The number of halogens is 1. The van der Waals surface area contributed by atoms with Gasteiger partial charge in [-0.3, -0.25) is 9.59 Å². The predicted molar refractivity (Wildman–Crippen MR) is 97.9 cm³/mol. The van der Waals surface area contributed by atoms with E-state index >= 15 is 0 Å². The number of likely N-dealkylation sites (tertiary alicyclic amines) is 1. The molecule has 27 heavy (non-hydrogen) atoms. The van der Waals surface area contributed by atoms with Gasteiger partial charge in [0.05, 0.1) is 6.42 Å². The zero-order valence-corrected chi connectivity index (χ0v) is 15.9. The van der Waals surface area contributed by atoms with E-state index in [4.69, 9.17) is 4.42 Å². The van der Waals surface area contributed by atoms with Gasteiger partial charge in [0.2, 0.25) is 5.91 Å². The molecule has 1 aromatic heterocycles. The third kappa shape index (κ3) is 4.18. The number of aryl methyl sites for hydroxylation is 1. The average molecular weight is 373 g/mol. The quantitative estimate of drug-likeness (QED) is 0.827. The Hall–Kier alpha value is -2.70. The molecule has 0 saturated carbocycles. The summed E-state index contributed by atoms with van der Waals surface area (Å²) in [5, 5.41) is 0. The Kier molecular flexibility index (Phi) is 5.58. The van der Waals surface area contributed by atoms with E-state index in [1.165, 1.54) is 11.0 Å². The van der Waals surface area contributed by atoms with Crippen molar-refractivity contribution in [2.45, 2.75) is 32.1 Å². The monoisotopic (exact) mass is 373 g/mol. The average Bonchev–Trinajstić information content (AvgIpc) is 3.04. The third-order valence-corrected chi connectivity index (χ3v) is 4.92. The lowest BCUT2D eigenvalue weighted by Gasteiger charge is -2.30. The van der Waals surface area contributed by atoms with Crippen molar-refractivity contribution in [3.63, 3.8) is 0 Å². The molecule has 2 heterocycles. The molecular weight excluding hydrogens is 349 g/mol. The van der Waals surface area contributed by atoms with Crippen LogP contribution in [0.15, 0.2) is 28.7 Å². The zero-order valence-electron chi connectivity index (χ0n) is 15.9. The SMILES string of the molecule is Cc1oc(C2CCN(C(=O)Cc3ccccc3F)CC2)nc1C(=O)N(C)C. The number of oxazole rings is 1. The molecule has 2 amide bonds. The summed E-state index contributed by atoms with van der Waals surface area (Å²) in [7, 11) is 3.35. The lowest BCUT2D eigenvalue weighted by Crippen LogP contribution is -2.39. The number of rotatable bonds is 4. The van der Waals surface area contributed by atoms with E-state index in [1.807, 2.05) is 0 Å². The van der Waals surface area contributed by atoms with Crippen LogP contribution in [0.5, 0.6) is 0 Å². The van der Waals surface area contributed by atoms with Crippen LogP contribution in [-0.2, 0) is 11.2 Å². The Morgan fingerprint density at radius 2 is 1.93 bits per heavy atom. The van der Waals surface area contributed by atoms with E-state index in [1.54, 1.807) is 44.1 Å². The summed E-state index contributed by atoms with van der Waals surface area (Å²) in [4.78, 5) is 32.2. The lowest BCUT2D eigenvalue weighted by atomic mass is 9.96. The molecule has 1 saturated heterocycles. The van der Waals surface area contributed by atoms with Crippen LogP contribution in [0.4, 0.5) is 4.39 Å². The second-order valence-corrected chi connectivity index (χ2v) is 7.08. The molecule has 0 radical (unpaired) electrons. The van der Waals surface area contributed by atoms with Crippen LogP contribution in [0.2, 0.25) is 0 Å². The first-order valence-electron chi connectivity index (χ1n) is 9.07. The number of benzene rings is 1. The first-order valence-corrected chi connectivity index (χ1v) is 9.07. The number of carbonyl (C=O) groups excluding carboxylic acids is 2. The minimum absolute atomic E-state index is 0.0664. The molecule has 0 spiro atoms. The van der Waals surface area contributed by atoms with Gasteiger partial charge in [-0.2, -0.15) is 0 Å². The highest BCUT2D eigenvalue weighted by Crippen LogP contribution is 2.29. The predicted octanol–water partition coefficient (Wildman–Crippen LogP) is 2.77. The van der Waals surface area contributed by atoms with E-state index in [0.717, 1.165) is 0 Å². The zero-order chi connectivity index (χ0) is 19.6. The van der Waals surface area contributed by atoms with Gasteiger partial charge in [-0.25, -0.2) is 9.37 Å². The molecule has 144 valence electrons. The molecule has 0 N–H and O–H groups in total. The maximum atomic E-state index is 13.7. The fraction of sp³-hybridized carbons (Fsp3) is 0.450. The van der Waals surface area contributed by atoms with Gasteiger partial charge < -0.3 is 14.2 Å². The van der Waals surface area contributed by atoms with Gasteiger partial charge in [0, 0.05) is 33.1 Å². The smallest absolute Gasteiger partial charge is 0.275 e. The molecule has 6 nitrogen and oxygen atoms in total. The summed E-state index contributed by atoms with van der Waals surface area (Å²) in [5.74, 6) is 0.533. The summed E-state index contributed by atoms with van der Waals surface area (Å²) in [6.07, 6.45) is 1.48. The highest BCUT2D eigenvalue weighted by molar-refractivity contribution is 5.92. The molecule has 0 atom stereocenters. The van der Waals surface area contributed by atoms with Gasteiger partial charge in [-0.1, -0.05) is 18.2 Å². The summed E-state index contributed by atoms with van der Waals surface area (Å²) >= 11 is 0. The second-order valence-electron chi connectivity index (χ2n) is 7.08. The maximum Gasteiger partial charge on any atom is 0.275 e. The van der Waals surface area contributed by atoms with Crippen LogP contribution in [0.3, 0.4) is 0 Å². The number of nitrogens with zero attached hydrogens (tertiary/aromatic N) is 3. The van der Waals surface area contributed by atoms with Crippen molar-refractivity contribution in [1.82, 2.24) is 14.8 Å². The number of piperidine rings is 1. The summed E-state index contributed by atoms with van der Waals surface area (Å²) in [6, 6.07) is 6.35. The molecule has 1 aromatic carbocycles. The largest absolute Gasteiger partial charge is 0.445 e. The summed E-state index contributed by atoms with van der Waals surface area (Å²) in [5.41, 5.74) is 0.757. The molecule has 2 aromatic rings. The first kappa shape index (κ1) is 19.1. The molecular formula is C20H24FN3O3. The van der Waals surface area contributed by atoms with Crippen molar-refractivity contribution in [1.29, 1.82) is 0 Å². The number of hydrogen-bond donors (Lipinski definition) is 0. The Balaban J connectivity index is 1.60. The Bertz CT molecular complexity index is 839. The number of aromatic nitrogens is 1. The van der Waals surface area contributed by atoms with Gasteiger partial charge in [0.1, 0.15) is 11.6 Å². The minimum Gasteiger partial charge on any atom is -0.445 e. The topological polar surface area (TPSA) is 66.7 Å². The van der Waals surface area contributed by atoms with Crippen LogP contribution >= 0.6 is 0 Å². The van der Waals surface area contributed by atoms with Gasteiger partial charge in [-0.05, 0) is 31.4 Å². The van der Waals surface area contributed by atoms with Crippen LogP contribution in [0, 0.1) is 12.7 Å². The number of amides is 2. The fourth-order valence-electron chi connectivity index (χ4n) is 3.29. The van der Waals surface area contributed by atoms with Crippen molar-refractivity contribution in [3.05, 3.63) is 53.0 Å². The second kappa shape index (κ2) is 7.90. The van der Waals surface area contributed by atoms with Gasteiger partial charge in [0.15, 0.2) is 11.6 Å². The molecule has 1 aliphatic heterocycles. The molecule has 0 aliphatic carbocycles. The van der Waals surface area contributed by atoms with Gasteiger partial charge >= 0.3 is 0 Å². The Morgan fingerprint density at radius 1 is 1.26 bits per heavy atom. The van der Waals surface area contributed by atoms with Crippen molar-refractivity contribution in [2.24, 2.45) is 0 Å². The van der Waals surface area contributed by atoms with Gasteiger partial charge in [-0.15, -0.1) is 0 Å². The van der Waals surface area contributed by atoms with Crippen molar-refractivity contribution >= 4 is 11.8 Å². The highest BCUT2D eigenvalue weighted by atomic mass is 19.1. The van der Waals surface area contributed by atoms with Crippen LogP contribution in [0.25, 0.3) is 0 Å². The van der Waals surface area contributed by atoms with Crippen LogP contribution in [0.1, 0.15) is 46.5 Å². The number of hydrogen-bond acceptors (Lipinski definition) is 4. The van der Waals surface area contributed by atoms with E-state index < -0.39 is 0 Å². The minimum atomic E-state index is -0.353. The van der Waals surface area contributed by atoms with E-state index in [-0.39, 0.29) is 30.0 Å². The van der Waals surface area contributed by atoms with E-state index in [2.05, 4.69) is 4.98 Å². The molecule has 3 rings (SSSR count). The lowest BCUT2D eigenvalue weighted by molar-refractivity contribution is -0.131. The maximum absolute atomic E-state index is 13.7. The summed E-state index contributed by atoms with van der Waals surface area (Å²) in [6.45, 7) is 2.87. The first-order chi connectivity index (χ1) is 12.9. The van der Waals surface area contributed by atoms with Crippen LogP contribution < -0.4 is 0 Å². The third-order valence-electron chi connectivity index (χ3n) is 4.92. The standard InChI is InChI=1S/C20H24FN3O3/c1-13-18(20(26)23(2)3)22-19(27-13)14-8-10-24(11-9-14)17(25)12-15-6-4-5-7-16(15)21/h4-7,14H,8-12H2,1-3H3. The normalized spacial score (nSPS) is 15.0. The summed E-state index contributed by atoms with van der Waals surface area (Å²) < 4.78 is 19.5. The molecule has 1 aliphatic rings. The Labute approximate surface area is 158 Å². The molecule has 0 unspecified atom stereocenters. The van der Waals surface area contributed by atoms with E-state index in [9.17, 15) is 14.0 Å². The Morgan fingerprint density at radius 3 is 2.56 bits per heavy atom. The van der Waals surface area contributed by atoms with Gasteiger partial charge in [0.25, 0.3) is 5.91 Å². The highest BCUT2D eigenvalue weighted by Gasteiger charge is 2.29. The fourth-order valence-corrected chi connectivity index (χ4v) is 3.29. The number of carbonyl (C=O) groups is 2.